The van der Waals surface area contributed by atoms with Gasteiger partial charge in [-0.3, -0.25) is 4.98 Å². The van der Waals surface area contributed by atoms with Crippen LogP contribution in [-0.4, -0.2) is 36.1 Å². The van der Waals surface area contributed by atoms with Crippen molar-refractivity contribution in [2.45, 2.75) is 20.8 Å². The van der Waals surface area contributed by atoms with E-state index in [9.17, 15) is 34.8 Å². The number of halogens is 6. The normalized spacial score (nSPS) is 10.5. The number of pyridine rings is 2. The molecule has 2 heterocycles. The summed E-state index contributed by atoms with van der Waals surface area (Å²) >= 11 is 0. The number of hydrogen-bond acceptors (Lipinski definition) is 9. The molecule has 0 spiro atoms. The topological polar surface area (TPSA) is 150 Å². The van der Waals surface area contributed by atoms with Gasteiger partial charge in [0.05, 0.1) is 60.6 Å². The van der Waals surface area contributed by atoms with E-state index in [0.29, 0.717) is 28.2 Å². The van der Waals surface area contributed by atoms with Crippen molar-refractivity contribution >= 4 is 19.7 Å². The van der Waals surface area contributed by atoms with Gasteiger partial charge in [-0.25, -0.2) is 14.6 Å². The largest absolute Gasteiger partial charge is 0 e. The Morgan fingerprint density at radius 2 is 1.07 bits per heavy atom. The van der Waals surface area contributed by atoms with Crippen molar-refractivity contribution in [3.05, 3.63) is 71.9 Å². The fraction of sp³-hybridized carbons (Fsp3) is 0.192. The molecule has 17 heteroatoms. The number of methoxy groups -OCH3 is 2. The van der Waals surface area contributed by atoms with E-state index in [1.54, 1.807) is 42.5 Å². The molecule has 0 aliphatic carbocycles. The van der Waals surface area contributed by atoms with E-state index in [0.717, 1.165) is 5.56 Å². The molecule has 0 saturated carbocycles. The van der Waals surface area contributed by atoms with E-state index in [1.807, 2.05) is 30.3 Å². The molecule has 1 aromatic carbocycles. The maximum Gasteiger partial charge on any atom is 0 e. The van der Waals surface area contributed by atoms with Crippen LogP contribution in [0.3, 0.4) is 0 Å². The summed E-state index contributed by atoms with van der Waals surface area (Å²) in [6.07, 6.45) is 1.50. The molecule has 0 atom stereocenters. The zero-order valence-electron chi connectivity index (χ0n) is 23.2. The number of carbonyl (C=O) groups is 2. The Balaban J connectivity index is -0.000000785. The third-order valence-corrected chi connectivity index (χ3v) is 3.76. The monoisotopic (exact) mass is 808 g/mol. The van der Waals surface area contributed by atoms with Crippen LogP contribution < -0.4 is 0 Å². The average molecular weight is 807 g/mol. The van der Waals surface area contributed by atoms with Crippen molar-refractivity contribution in [2.75, 3.05) is 14.2 Å². The van der Waals surface area contributed by atoms with Crippen molar-refractivity contribution in [1.82, 2.24) is 9.97 Å². The maximum absolute atomic E-state index is 12.1. The molecule has 9 nitrogen and oxygen atoms in total. The third kappa shape index (κ3) is 22.9. The Morgan fingerprint density at radius 3 is 1.49 bits per heavy atom. The number of carbonyl (C=O) groups excluding carboxylic acids is 2. The molecule has 0 aliphatic heterocycles. The number of nitriles is 3. The van der Waals surface area contributed by atoms with Crippen molar-refractivity contribution < 1.29 is 64.0 Å². The first kappa shape index (κ1) is 43.0. The molecule has 0 N–H and O–H groups in total. The van der Waals surface area contributed by atoms with Crippen molar-refractivity contribution in [2.24, 2.45) is 0 Å². The first-order valence-corrected chi connectivity index (χ1v) is 13.0. The Morgan fingerprint density at radius 1 is 0.698 bits per heavy atom. The molecule has 234 valence electrons. The summed E-state index contributed by atoms with van der Waals surface area (Å²) in [6.45, 7) is 4.29. The van der Waals surface area contributed by atoms with Crippen LogP contribution in [0.4, 0.5) is 25.2 Å². The molecule has 0 unspecified atom stereocenters. The molecule has 0 amide bonds. The fourth-order valence-corrected chi connectivity index (χ4v) is 2.47. The number of nitrogens with zero attached hydrogens (tertiary/aromatic N) is 5. The second kappa shape index (κ2) is 18.9. The quantitative estimate of drug-likeness (QED) is 0.144. The molecule has 0 bridgehead atoms. The zero-order chi connectivity index (χ0) is 33.0. The molecule has 0 radical (unpaired) electrons. The number of esters is 2. The van der Waals surface area contributed by atoms with Gasteiger partial charge in [-0.05, 0) is 24.3 Å². The maximum atomic E-state index is 12.1. The summed E-state index contributed by atoms with van der Waals surface area (Å²) in [5.74, 6) is -0.948. The molecule has 3 rings (SSSR count). The van der Waals surface area contributed by atoms with Crippen LogP contribution in [0.25, 0.3) is 22.6 Å². The SMILES string of the molecule is CC#N.CC#N.CC#N.COC(=O)c1ccnc(-c2cc(C(=O)OC)cc(-c3ccccc3)n2)c1.F[P-](F)(F)(F)(F)F.[Os]. The summed E-state index contributed by atoms with van der Waals surface area (Å²) in [4.78, 5) is 32.7. The number of ether oxygens (including phenoxy) is 2. The Kier molecular flexibility index (Phi) is 18.9. The van der Waals surface area contributed by atoms with Crippen LogP contribution in [0.1, 0.15) is 41.5 Å². The van der Waals surface area contributed by atoms with Gasteiger partial charge in [0.1, 0.15) is 0 Å². The summed E-state index contributed by atoms with van der Waals surface area (Å²) < 4.78 is 68.8. The molecule has 0 fully saturated rings. The van der Waals surface area contributed by atoms with Gasteiger partial charge in [-0.2, -0.15) is 15.8 Å². The van der Waals surface area contributed by atoms with Gasteiger partial charge < -0.3 is 9.47 Å². The van der Waals surface area contributed by atoms with Crippen molar-refractivity contribution in [1.29, 1.82) is 15.8 Å². The van der Waals surface area contributed by atoms with Crippen LogP contribution >= 0.6 is 7.81 Å². The van der Waals surface area contributed by atoms with Crippen molar-refractivity contribution in [3.63, 3.8) is 0 Å². The van der Waals surface area contributed by atoms with Gasteiger partial charge in [0, 0.05) is 52.3 Å². The first-order valence-electron chi connectivity index (χ1n) is 11.0. The minimum Gasteiger partial charge on any atom is 0 e. The van der Waals surface area contributed by atoms with Crippen molar-refractivity contribution in [3.8, 4) is 40.9 Å². The van der Waals surface area contributed by atoms with E-state index in [2.05, 4.69) is 9.97 Å². The Hall–Kier alpha value is -4.42. The summed E-state index contributed by atoms with van der Waals surface area (Å²) in [5.41, 5.74) is 3.07. The Labute approximate surface area is 257 Å². The van der Waals surface area contributed by atoms with Crippen LogP contribution in [0, 0.1) is 34.0 Å². The molecule has 0 saturated heterocycles. The predicted octanol–water partition coefficient (Wildman–Crippen LogP) is 8.35. The van der Waals surface area contributed by atoms with Crippen LogP contribution in [0.15, 0.2) is 60.8 Å². The van der Waals surface area contributed by atoms with E-state index in [-0.39, 0.29) is 19.8 Å². The van der Waals surface area contributed by atoms with Crippen LogP contribution in [0.2, 0.25) is 0 Å². The van der Waals surface area contributed by atoms with Gasteiger partial charge >= 0.3 is 44.9 Å². The minimum atomic E-state index is -10.7. The smallest absolute Gasteiger partial charge is 0 e. The Bertz CT molecular complexity index is 1420. The molecule has 3 aromatic rings. The van der Waals surface area contributed by atoms with Crippen LogP contribution in [-0.2, 0) is 29.3 Å². The summed E-state index contributed by atoms with van der Waals surface area (Å²) in [6, 6.07) is 21.1. The fourth-order valence-electron chi connectivity index (χ4n) is 2.47. The van der Waals surface area contributed by atoms with E-state index < -0.39 is 19.7 Å². The second-order valence-corrected chi connectivity index (χ2v) is 8.95. The molecule has 43 heavy (non-hydrogen) atoms. The second-order valence-electron chi connectivity index (χ2n) is 7.03. The van der Waals surface area contributed by atoms with E-state index >= 15 is 0 Å². The average Bonchev–Trinajstić information content (AvgIpc) is 2.92. The number of aromatic nitrogens is 2. The molecular formula is C26H25F6N5O4OsP-. The zero-order valence-corrected chi connectivity index (χ0v) is 26.6. The number of rotatable bonds is 4. The van der Waals surface area contributed by atoms with Gasteiger partial charge in [-0.15, -0.1) is 0 Å². The van der Waals surface area contributed by atoms with Crippen LogP contribution in [0.5, 0.6) is 0 Å². The minimum absolute atomic E-state index is 0. The summed E-state index contributed by atoms with van der Waals surface area (Å²) in [7, 11) is -8.03. The number of benzene rings is 1. The first-order chi connectivity index (χ1) is 19.3. The predicted molar refractivity (Wildman–Crippen MR) is 143 cm³/mol. The summed E-state index contributed by atoms with van der Waals surface area (Å²) in [5, 5.41) is 22.0. The molecule has 2 aromatic heterocycles. The van der Waals surface area contributed by atoms with Gasteiger partial charge in [0.15, 0.2) is 0 Å². The van der Waals surface area contributed by atoms with E-state index in [4.69, 9.17) is 25.3 Å². The van der Waals surface area contributed by atoms with Gasteiger partial charge in [-0.1, -0.05) is 30.3 Å². The molecule has 0 aliphatic rings. The third-order valence-electron chi connectivity index (χ3n) is 3.76. The molecular weight excluding hydrogens is 782 g/mol. The van der Waals surface area contributed by atoms with E-state index in [1.165, 1.54) is 41.2 Å². The van der Waals surface area contributed by atoms with Gasteiger partial charge in [0.2, 0.25) is 0 Å². The standard InChI is InChI=1S/C20H16N2O4.3C2H3N.F6P.Os/c1-25-19(23)14-8-9-21-17(10-14)18-12-15(20(24)26-2)11-16(22-18)13-6-4-3-5-7-13;3*1-2-3;1-7(2,3,4,5)6;/h3-12H,1-2H3;3*1H3;;/q;;;;-1;. The number of hydrogen-bond donors (Lipinski definition) is 0. The van der Waals surface area contributed by atoms with Gasteiger partial charge in [0.25, 0.3) is 0 Å².